The van der Waals surface area contributed by atoms with Crippen LogP contribution in [0, 0.1) is 0 Å². The minimum Gasteiger partial charge on any atom is -0.415 e. The number of hydrogen-bond donors (Lipinski definition) is 0. The van der Waals surface area contributed by atoms with Crippen molar-refractivity contribution in [1.82, 2.24) is 0 Å². The van der Waals surface area contributed by atoms with Crippen LogP contribution in [0.4, 0.5) is 0 Å². The average Bonchev–Trinajstić information content (AvgIpc) is 1.92. The van der Waals surface area contributed by atoms with Gasteiger partial charge in [-0.1, -0.05) is 12.2 Å². The van der Waals surface area contributed by atoms with Crippen molar-refractivity contribution in [2.75, 3.05) is 0 Å². The Bertz CT molecular complexity index is 169. The Morgan fingerprint density at radius 1 is 1.08 bits per heavy atom. The molecule has 1 aliphatic rings. The Morgan fingerprint density at radius 3 is 2.46 bits per heavy atom. The maximum absolute atomic E-state index is 6.12. The molecule has 0 bridgehead atoms. The van der Waals surface area contributed by atoms with Crippen LogP contribution in [0.3, 0.4) is 0 Å². The van der Waals surface area contributed by atoms with Gasteiger partial charge in [0.2, 0.25) is 0 Å². The second-order valence-electron chi connectivity index (χ2n) is 4.83. The topological polar surface area (TPSA) is 9.23 Å². The third-order valence-electron chi connectivity index (χ3n) is 2.24. The molecule has 2 heteroatoms. The third-order valence-corrected chi connectivity index (χ3v) is 3.28. The highest BCUT2D eigenvalue weighted by Crippen LogP contribution is 2.19. The smallest absolute Gasteiger partial charge is 0.184 e. The van der Waals surface area contributed by atoms with Crippen molar-refractivity contribution in [2.24, 2.45) is 0 Å². The van der Waals surface area contributed by atoms with Crippen LogP contribution in [0.25, 0.3) is 0 Å². The van der Waals surface area contributed by atoms with Gasteiger partial charge in [-0.05, 0) is 51.7 Å². The Kier molecular flexibility index (Phi) is 4.20. The molecule has 0 aromatic heterocycles. The molecule has 0 saturated heterocycles. The lowest BCUT2D eigenvalue weighted by atomic mass is 10.0. The molecule has 1 rings (SSSR count). The summed E-state index contributed by atoms with van der Waals surface area (Å²) in [5.41, 5.74) is 0. The Balaban J connectivity index is 2.36. The summed E-state index contributed by atoms with van der Waals surface area (Å²) in [5.74, 6) is 0. The lowest BCUT2D eigenvalue weighted by Gasteiger charge is -2.26. The van der Waals surface area contributed by atoms with E-state index >= 15 is 0 Å². The first-order valence-electron chi connectivity index (χ1n) is 5.41. The quantitative estimate of drug-likeness (QED) is 0.485. The SMILES string of the molecule is C[Si](C)(C)OC1CC/C=C\CCC1. The normalized spacial score (nSPS) is 27.8. The van der Waals surface area contributed by atoms with Gasteiger partial charge >= 0.3 is 0 Å². The van der Waals surface area contributed by atoms with Crippen LogP contribution in [0.2, 0.25) is 19.6 Å². The molecule has 1 nitrogen and oxygen atoms in total. The van der Waals surface area contributed by atoms with Gasteiger partial charge in [0.05, 0.1) is 0 Å². The molecule has 0 aliphatic heterocycles. The van der Waals surface area contributed by atoms with Crippen molar-refractivity contribution >= 4 is 8.32 Å². The fourth-order valence-corrected chi connectivity index (χ4v) is 2.98. The molecule has 0 N–H and O–H groups in total. The standard InChI is InChI=1S/C11H22OSi/c1-13(2,3)12-11-9-7-5-4-6-8-10-11/h4-5,11H,6-10H2,1-3H3/b5-4-. The summed E-state index contributed by atoms with van der Waals surface area (Å²) in [7, 11) is -1.31. The van der Waals surface area contributed by atoms with Gasteiger partial charge in [0.25, 0.3) is 0 Å². The fraction of sp³-hybridized carbons (Fsp3) is 0.818. The highest BCUT2D eigenvalue weighted by atomic mass is 28.4. The second-order valence-corrected chi connectivity index (χ2v) is 9.29. The highest BCUT2D eigenvalue weighted by molar-refractivity contribution is 6.69. The van der Waals surface area contributed by atoms with E-state index in [-0.39, 0.29) is 0 Å². The maximum atomic E-state index is 6.12. The average molecular weight is 198 g/mol. The lowest BCUT2D eigenvalue weighted by Crippen LogP contribution is -2.32. The molecule has 1 unspecified atom stereocenters. The molecular weight excluding hydrogens is 176 g/mol. The van der Waals surface area contributed by atoms with E-state index in [1.807, 2.05) is 0 Å². The summed E-state index contributed by atoms with van der Waals surface area (Å²) >= 11 is 0. The second kappa shape index (κ2) is 4.96. The Hall–Kier alpha value is -0.0831. The zero-order valence-corrected chi connectivity index (χ0v) is 10.2. The van der Waals surface area contributed by atoms with Crippen molar-refractivity contribution in [3.05, 3.63) is 12.2 Å². The van der Waals surface area contributed by atoms with Gasteiger partial charge in [0, 0.05) is 6.10 Å². The Labute approximate surface area is 83.3 Å². The van der Waals surface area contributed by atoms with Gasteiger partial charge in [-0.3, -0.25) is 0 Å². The molecule has 76 valence electrons. The molecular formula is C11H22OSi. The summed E-state index contributed by atoms with van der Waals surface area (Å²) < 4.78 is 6.12. The summed E-state index contributed by atoms with van der Waals surface area (Å²) in [5, 5.41) is 0. The summed E-state index contributed by atoms with van der Waals surface area (Å²) in [6, 6.07) is 0. The highest BCUT2D eigenvalue weighted by Gasteiger charge is 2.20. The zero-order valence-electron chi connectivity index (χ0n) is 9.18. The van der Waals surface area contributed by atoms with E-state index in [9.17, 15) is 0 Å². The molecule has 0 saturated carbocycles. The Morgan fingerprint density at radius 2 is 1.77 bits per heavy atom. The van der Waals surface area contributed by atoms with Crippen LogP contribution in [0.15, 0.2) is 12.2 Å². The summed E-state index contributed by atoms with van der Waals surface area (Å²) in [6.07, 6.45) is 11.4. The van der Waals surface area contributed by atoms with Crippen LogP contribution in [0.5, 0.6) is 0 Å². The lowest BCUT2D eigenvalue weighted by molar-refractivity contribution is 0.171. The largest absolute Gasteiger partial charge is 0.415 e. The molecule has 0 heterocycles. The molecule has 0 spiro atoms. The molecule has 0 aromatic carbocycles. The number of hydrogen-bond acceptors (Lipinski definition) is 1. The predicted molar refractivity (Wildman–Crippen MR) is 60.4 cm³/mol. The van der Waals surface area contributed by atoms with Crippen LogP contribution >= 0.6 is 0 Å². The first kappa shape index (κ1) is 11.0. The van der Waals surface area contributed by atoms with Crippen LogP contribution in [0.1, 0.15) is 32.1 Å². The van der Waals surface area contributed by atoms with Crippen molar-refractivity contribution in [3.63, 3.8) is 0 Å². The molecule has 1 atom stereocenters. The van der Waals surface area contributed by atoms with E-state index in [1.165, 1.54) is 32.1 Å². The first-order chi connectivity index (χ1) is 6.08. The molecule has 0 fully saturated rings. The van der Waals surface area contributed by atoms with E-state index in [1.54, 1.807) is 0 Å². The van der Waals surface area contributed by atoms with E-state index in [4.69, 9.17) is 4.43 Å². The van der Waals surface area contributed by atoms with Crippen LogP contribution in [-0.2, 0) is 4.43 Å². The third kappa shape index (κ3) is 5.27. The summed E-state index contributed by atoms with van der Waals surface area (Å²) in [6.45, 7) is 6.84. The van der Waals surface area contributed by atoms with Gasteiger partial charge in [-0.25, -0.2) is 0 Å². The van der Waals surface area contributed by atoms with Gasteiger partial charge in [-0.2, -0.15) is 0 Å². The zero-order chi connectivity index (χ0) is 9.73. The van der Waals surface area contributed by atoms with Crippen molar-refractivity contribution in [2.45, 2.75) is 57.8 Å². The molecule has 0 aromatic rings. The van der Waals surface area contributed by atoms with Crippen molar-refractivity contribution in [1.29, 1.82) is 0 Å². The minimum atomic E-state index is -1.31. The van der Waals surface area contributed by atoms with Gasteiger partial charge in [0.1, 0.15) is 0 Å². The molecule has 0 radical (unpaired) electrons. The summed E-state index contributed by atoms with van der Waals surface area (Å²) in [4.78, 5) is 0. The van der Waals surface area contributed by atoms with E-state index in [2.05, 4.69) is 31.8 Å². The van der Waals surface area contributed by atoms with Crippen molar-refractivity contribution < 1.29 is 4.43 Å². The predicted octanol–water partition coefficient (Wildman–Crippen LogP) is 3.73. The van der Waals surface area contributed by atoms with Gasteiger partial charge < -0.3 is 4.43 Å². The van der Waals surface area contributed by atoms with E-state index in [0.29, 0.717) is 6.10 Å². The van der Waals surface area contributed by atoms with Crippen molar-refractivity contribution in [3.8, 4) is 0 Å². The fourth-order valence-electron chi connectivity index (χ4n) is 1.74. The molecule has 0 amide bonds. The van der Waals surface area contributed by atoms with Gasteiger partial charge in [-0.15, -0.1) is 0 Å². The minimum absolute atomic E-state index is 0.539. The van der Waals surface area contributed by atoms with E-state index < -0.39 is 8.32 Å². The maximum Gasteiger partial charge on any atom is 0.184 e. The van der Waals surface area contributed by atoms with Crippen LogP contribution in [-0.4, -0.2) is 14.4 Å². The molecule has 1 aliphatic carbocycles. The first-order valence-corrected chi connectivity index (χ1v) is 8.81. The van der Waals surface area contributed by atoms with Crippen LogP contribution < -0.4 is 0 Å². The molecule has 13 heavy (non-hydrogen) atoms. The monoisotopic (exact) mass is 198 g/mol. The number of rotatable bonds is 2. The van der Waals surface area contributed by atoms with E-state index in [0.717, 1.165) is 0 Å². The van der Waals surface area contributed by atoms with Gasteiger partial charge in [0.15, 0.2) is 8.32 Å². The number of allylic oxidation sites excluding steroid dienone is 2.